The average molecular weight is 277 g/mol. The van der Waals surface area contributed by atoms with Gasteiger partial charge in [0.15, 0.2) is 0 Å². The first-order valence-electron chi connectivity index (χ1n) is 8.15. The number of rotatable bonds is 9. The van der Waals surface area contributed by atoms with Crippen molar-refractivity contribution in [3.8, 4) is 0 Å². The van der Waals surface area contributed by atoms with E-state index in [0.29, 0.717) is 18.0 Å². The Morgan fingerprint density at radius 1 is 1.10 bits per heavy atom. The second kappa shape index (κ2) is 8.99. The zero-order chi connectivity index (χ0) is 15.0. The molecular formula is C18H31NO. The van der Waals surface area contributed by atoms with Crippen molar-refractivity contribution in [1.29, 1.82) is 0 Å². The fraction of sp³-hybridized carbons (Fsp3) is 0.722. The second-order valence-corrected chi connectivity index (χ2v) is 6.16. The Morgan fingerprint density at radius 2 is 1.55 bits per heavy atom. The maximum Gasteiger partial charge on any atom is 0.226 e. The van der Waals surface area contributed by atoms with Crippen LogP contribution < -0.4 is 0 Å². The Morgan fingerprint density at radius 3 is 1.95 bits per heavy atom. The standard InChI is InChI=1S/C18H31NO/c1-5-7-9-11-17(12-10-8-6-2)18(20)19-15(3)13-14-16(19)4/h5-6,15-17H,1-2,7-14H2,3-4H3/t15-,16-/m1/s1. The molecule has 0 unspecified atom stereocenters. The van der Waals surface area contributed by atoms with Crippen LogP contribution >= 0.6 is 0 Å². The van der Waals surface area contributed by atoms with E-state index in [1.54, 1.807) is 0 Å². The monoisotopic (exact) mass is 277 g/mol. The van der Waals surface area contributed by atoms with Crippen LogP contribution in [-0.2, 0) is 4.79 Å². The number of amides is 1. The molecule has 0 spiro atoms. The minimum atomic E-state index is 0.192. The number of carbonyl (C=O) groups excluding carboxylic acids is 1. The van der Waals surface area contributed by atoms with Gasteiger partial charge in [-0.1, -0.05) is 12.2 Å². The van der Waals surface area contributed by atoms with Crippen LogP contribution in [0.5, 0.6) is 0 Å². The summed E-state index contributed by atoms with van der Waals surface area (Å²) < 4.78 is 0. The topological polar surface area (TPSA) is 20.3 Å². The molecule has 1 aliphatic heterocycles. The van der Waals surface area contributed by atoms with Gasteiger partial charge in [-0.3, -0.25) is 4.79 Å². The van der Waals surface area contributed by atoms with Crippen LogP contribution in [0.25, 0.3) is 0 Å². The Labute approximate surface area is 124 Å². The second-order valence-electron chi connectivity index (χ2n) is 6.16. The van der Waals surface area contributed by atoms with Gasteiger partial charge in [0.1, 0.15) is 0 Å². The summed E-state index contributed by atoms with van der Waals surface area (Å²) in [5.41, 5.74) is 0. The summed E-state index contributed by atoms with van der Waals surface area (Å²) in [5.74, 6) is 0.577. The number of allylic oxidation sites excluding steroid dienone is 2. The molecule has 0 bridgehead atoms. The van der Waals surface area contributed by atoms with Crippen molar-refractivity contribution in [3.63, 3.8) is 0 Å². The van der Waals surface area contributed by atoms with Crippen LogP contribution in [0.1, 0.15) is 65.2 Å². The summed E-state index contributed by atoms with van der Waals surface area (Å²) in [7, 11) is 0. The molecule has 1 amide bonds. The minimum Gasteiger partial charge on any atom is -0.337 e. The fourth-order valence-electron chi connectivity index (χ4n) is 3.25. The van der Waals surface area contributed by atoms with E-state index in [4.69, 9.17) is 0 Å². The van der Waals surface area contributed by atoms with E-state index < -0.39 is 0 Å². The van der Waals surface area contributed by atoms with Gasteiger partial charge in [-0.05, 0) is 65.2 Å². The molecule has 0 aromatic rings. The summed E-state index contributed by atoms with van der Waals surface area (Å²) >= 11 is 0. The highest BCUT2D eigenvalue weighted by Crippen LogP contribution is 2.28. The maximum atomic E-state index is 12.8. The number of unbranched alkanes of at least 4 members (excludes halogenated alkanes) is 2. The molecule has 1 rings (SSSR count). The maximum absolute atomic E-state index is 12.8. The Balaban J connectivity index is 2.61. The molecule has 114 valence electrons. The van der Waals surface area contributed by atoms with Gasteiger partial charge in [0.05, 0.1) is 0 Å². The summed E-state index contributed by atoms with van der Waals surface area (Å²) in [6.45, 7) is 11.9. The lowest BCUT2D eigenvalue weighted by atomic mass is 9.93. The van der Waals surface area contributed by atoms with Crippen molar-refractivity contribution in [1.82, 2.24) is 4.90 Å². The first-order chi connectivity index (χ1) is 9.61. The molecular weight excluding hydrogens is 246 g/mol. The van der Waals surface area contributed by atoms with Gasteiger partial charge in [0.2, 0.25) is 5.91 Å². The van der Waals surface area contributed by atoms with Gasteiger partial charge in [-0.15, -0.1) is 13.2 Å². The number of hydrogen-bond acceptors (Lipinski definition) is 1. The van der Waals surface area contributed by atoms with Gasteiger partial charge in [0, 0.05) is 18.0 Å². The third kappa shape index (κ3) is 4.81. The van der Waals surface area contributed by atoms with Crippen LogP contribution in [0.3, 0.4) is 0 Å². The molecule has 2 nitrogen and oxygen atoms in total. The molecule has 0 aliphatic carbocycles. The highest BCUT2D eigenvalue weighted by Gasteiger charge is 2.34. The van der Waals surface area contributed by atoms with Gasteiger partial charge >= 0.3 is 0 Å². The number of likely N-dealkylation sites (tertiary alicyclic amines) is 1. The highest BCUT2D eigenvalue weighted by atomic mass is 16.2. The minimum absolute atomic E-state index is 0.192. The van der Waals surface area contributed by atoms with Crippen molar-refractivity contribution < 1.29 is 4.79 Å². The van der Waals surface area contributed by atoms with Crippen LogP contribution in [-0.4, -0.2) is 22.9 Å². The predicted molar refractivity (Wildman–Crippen MR) is 86.6 cm³/mol. The Kier molecular flexibility index (Phi) is 7.64. The fourth-order valence-corrected chi connectivity index (χ4v) is 3.25. The Bertz CT molecular complexity index is 299. The van der Waals surface area contributed by atoms with E-state index in [0.717, 1.165) is 51.4 Å². The van der Waals surface area contributed by atoms with Crippen molar-refractivity contribution in [2.75, 3.05) is 0 Å². The van der Waals surface area contributed by atoms with E-state index in [9.17, 15) is 4.79 Å². The van der Waals surface area contributed by atoms with Gasteiger partial charge in [-0.25, -0.2) is 0 Å². The van der Waals surface area contributed by atoms with Gasteiger partial charge in [0.25, 0.3) is 0 Å². The lowest BCUT2D eigenvalue weighted by molar-refractivity contribution is -0.138. The molecule has 1 heterocycles. The van der Waals surface area contributed by atoms with E-state index in [1.165, 1.54) is 0 Å². The highest BCUT2D eigenvalue weighted by molar-refractivity contribution is 5.79. The number of carbonyl (C=O) groups is 1. The van der Waals surface area contributed by atoms with Crippen LogP contribution in [0, 0.1) is 5.92 Å². The molecule has 1 fully saturated rings. The smallest absolute Gasteiger partial charge is 0.226 e. The lowest BCUT2D eigenvalue weighted by Gasteiger charge is -2.30. The lowest BCUT2D eigenvalue weighted by Crippen LogP contribution is -2.42. The SMILES string of the molecule is C=CCCCC(CCCC=C)C(=O)N1[C@H](C)CC[C@H]1C. The molecule has 1 aliphatic rings. The predicted octanol–water partition coefficient (Wildman–Crippen LogP) is 4.71. The van der Waals surface area contributed by atoms with Crippen molar-refractivity contribution in [3.05, 3.63) is 25.3 Å². The third-order valence-corrected chi connectivity index (χ3v) is 4.48. The molecule has 1 saturated heterocycles. The molecule has 2 heteroatoms. The van der Waals surface area contributed by atoms with Crippen LogP contribution in [0.2, 0.25) is 0 Å². The van der Waals surface area contributed by atoms with Gasteiger partial charge < -0.3 is 4.90 Å². The molecule has 0 radical (unpaired) electrons. The normalized spacial score (nSPS) is 22.2. The van der Waals surface area contributed by atoms with Crippen molar-refractivity contribution in [2.24, 2.45) is 5.92 Å². The largest absolute Gasteiger partial charge is 0.337 e. The third-order valence-electron chi connectivity index (χ3n) is 4.48. The van der Waals surface area contributed by atoms with Gasteiger partial charge in [-0.2, -0.15) is 0 Å². The summed E-state index contributed by atoms with van der Waals surface area (Å²) in [5, 5.41) is 0. The number of nitrogens with zero attached hydrogens (tertiary/aromatic N) is 1. The quantitative estimate of drug-likeness (QED) is 0.441. The average Bonchev–Trinajstić information content (AvgIpc) is 2.76. The molecule has 0 saturated carbocycles. The molecule has 0 aromatic carbocycles. The summed E-state index contributed by atoms with van der Waals surface area (Å²) in [4.78, 5) is 15.0. The summed E-state index contributed by atoms with van der Waals surface area (Å²) in [6.07, 6.45) is 12.4. The molecule has 20 heavy (non-hydrogen) atoms. The molecule has 2 atom stereocenters. The van der Waals surface area contributed by atoms with E-state index >= 15 is 0 Å². The number of hydrogen-bond donors (Lipinski definition) is 0. The van der Waals surface area contributed by atoms with E-state index in [2.05, 4.69) is 31.9 Å². The Hall–Kier alpha value is -1.05. The van der Waals surface area contributed by atoms with Crippen molar-refractivity contribution in [2.45, 2.75) is 77.3 Å². The van der Waals surface area contributed by atoms with Crippen molar-refractivity contribution >= 4 is 5.91 Å². The zero-order valence-corrected chi connectivity index (χ0v) is 13.3. The van der Waals surface area contributed by atoms with E-state index in [-0.39, 0.29) is 5.92 Å². The van der Waals surface area contributed by atoms with Crippen LogP contribution in [0.4, 0.5) is 0 Å². The summed E-state index contributed by atoms with van der Waals surface area (Å²) in [6, 6.07) is 0.831. The first kappa shape index (κ1) is 17.0. The van der Waals surface area contributed by atoms with E-state index in [1.807, 2.05) is 12.2 Å². The first-order valence-corrected chi connectivity index (χ1v) is 8.15. The molecule has 0 N–H and O–H groups in total. The zero-order valence-electron chi connectivity index (χ0n) is 13.3. The molecule has 0 aromatic heterocycles. The van der Waals surface area contributed by atoms with Crippen LogP contribution in [0.15, 0.2) is 25.3 Å².